The van der Waals surface area contributed by atoms with Gasteiger partial charge in [0.25, 0.3) is 0 Å². The van der Waals surface area contributed by atoms with Gasteiger partial charge in [0.1, 0.15) is 0 Å². The summed E-state index contributed by atoms with van der Waals surface area (Å²) in [4.78, 5) is 0. The Morgan fingerprint density at radius 3 is 2.41 bits per heavy atom. The average Bonchev–Trinajstić information content (AvgIpc) is 3.14. The van der Waals surface area contributed by atoms with Gasteiger partial charge in [-0.1, -0.05) is 6.07 Å². The number of hydrogen-bond acceptors (Lipinski definition) is 2. The van der Waals surface area contributed by atoms with Crippen molar-refractivity contribution in [1.29, 1.82) is 0 Å². The number of halogens is 1. The summed E-state index contributed by atoms with van der Waals surface area (Å²) >= 11 is 3.48. The van der Waals surface area contributed by atoms with E-state index in [2.05, 4.69) is 33.4 Å². The van der Waals surface area contributed by atoms with Gasteiger partial charge in [-0.2, -0.15) is 0 Å². The lowest BCUT2D eigenvalue weighted by Crippen LogP contribution is -2.32. The monoisotopic (exact) mass is 294 g/mol. The lowest BCUT2D eigenvalue weighted by molar-refractivity contribution is 0.416. The number of rotatable bonds is 5. The fourth-order valence-electron chi connectivity index (χ4n) is 2.55. The zero-order valence-corrected chi connectivity index (χ0v) is 11.5. The lowest BCUT2D eigenvalue weighted by Gasteiger charge is -2.17. The Balaban J connectivity index is 1.60. The third kappa shape index (κ3) is 2.83. The minimum atomic E-state index is 0.770. The predicted octanol–water partition coefficient (Wildman–Crippen LogP) is 3.31. The van der Waals surface area contributed by atoms with Crippen molar-refractivity contribution in [2.75, 3.05) is 5.73 Å². The molecule has 3 heteroatoms. The number of nitrogens with two attached hydrogens (primary N) is 1. The summed E-state index contributed by atoms with van der Waals surface area (Å²) in [7, 11) is 0. The number of anilines is 1. The summed E-state index contributed by atoms with van der Waals surface area (Å²) < 4.78 is 1.01. The van der Waals surface area contributed by atoms with E-state index in [1.807, 2.05) is 6.07 Å². The van der Waals surface area contributed by atoms with Crippen LogP contribution in [-0.2, 0) is 6.54 Å². The largest absolute Gasteiger partial charge is 0.398 e. The maximum Gasteiger partial charge on any atom is 0.0458 e. The summed E-state index contributed by atoms with van der Waals surface area (Å²) in [6.45, 7) is 0.969. The van der Waals surface area contributed by atoms with Crippen LogP contribution in [0.4, 0.5) is 5.69 Å². The SMILES string of the molecule is Nc1ccc(CNC(C2CC2)C2CC2)cc1Br. The van der Waals surface area contributed by atoms with Crippen LogP contribution < -0.4 is 11.1 Å². The Morgan fingerprint density at radius 1 is 1.24 bits per heavy atom. The van der Waals surface area contributed by atoms with E-state index < -0.39 is 0 Å². The van der Waals surface area contributed by atoms with E-state index in [1.54, 1.807) is 0 Å². The standard InChI is InChI=1S/C14H19BrN2/c15-12-7-9(1-6-13(12)16)8-17-14(10-2-3-10)11-4-5-11/h1,6-7,10-11,14,17H,2-5,8,16H2. The molecular formula is C14H19BrN2. The van der Waals surface area contributed by atoms with Crippen molar-refractivity contribution in [2.24, 2.45) is 11.8 Å². The summed E-state index contributed by atoms with van der Waals surface area (Å²) in [6, 6.07) is 6.99. The van der Waals surface area contributed by atoms with E-state index in [9.17, 15) is 0 Å². The summed E-state index contributed by atoms with van der Waals surface area (Å²) in [5, 5.41) is 3.74. The Hall–Kier alpha value is -0.540. The normalized spacial score (nSPS) is 19.9. The van der Waals surface area contributed by atoms with Crippen LogP contribution in [0.2, 0.25) is 0 Å². The van der Waals surface area contributed by atoms with Crippen LogP contribution in [0.25, 0.3) is 0 Å². The van der Waals surface area contributed by atoms with Crippen molar-refractivity contribution in [2.45, 2.75) is 38.3 Å². The van der Waals surface area contributed by atoms with Crippen LogP contribution in [0.15, 0.2) is 22.7 Å². The topological polar surface area (TPSA) is 38.0 Å². The summed E-state index contributed by atoms with van der Waals surface area (Å²) in [5.41, 5.74) is 7.93. The molecule has 2 saturated carbocycles. The zero-order chi connectivity index (χ0) is 11.8. The second-order valence-electron chi connectivity index (χ2n) is 5.44. The Morgan fingerprint density at radius 2 is 1.88 bits per heavy atom. The van der Waals surface area contributed by atoms with Crippen molar-refractivity contribution in [3.05, 3.63) is 28.2 Å². The molecule has 2 aliphatic carbocycles. The molecular weight excluding hydrogens is 276 g/mol. The molecule has 0 saturated heterocycles. The van der Waals surface area contributed by atoms with Crippen molar-refractivity contribution < 1.29 is 0 Å². The molecule has 1 aromatic rings. The highest BCUT2D eigenvalue weighted by molar-refractivity contribution is 9.10. The van der Waals surface area contributed by atoms with Crippen LogP contribution in [0.5, 0.6) is 0 Å². The van der Waals surface area contributed by atoms with Crippen molar-refractivity contribution in [1.82, 2.24) is 5.32 Å². The second kappa shape index (κ2) is 4.62. The van der Waals surface area contributed by atoms with E-state index in [0.717, 1.165) is 34.6 Å². The molecule has 2 nitrogen and oxygen atoms in total. The molecule has 2 aliphatic rings. The fraction of sp³-hybridized carbons (Fsp3) is 0.571. The Kier molecular flexibility index (Phi) is 3.14. The predicted molar refractivity (Wildman–Crippen MR) is 74.6 cm³/mol. The molecule has 0 unspecified atom stereocenters. The van der Waals surface area contributed by atoms with E-state index in [-0.39, 0.29) is 0 Å². The van der Waals surface area contributed by atoms with Crippen molar-refractivity contribution in [3.63, 3.8) is 0 Å². The van der Waals surface area contributed by atoms with Gasteiger partial charge in [0.15, 0.2) is 0 Å². The highest BCUT2D eigenvalue weighted by atomic mass is 79.9. The van der Waals surface area contributed by atoms with Crippen LogP contribution in [-0.4, -0.2) is 6.04 Å². The van der Waals surface area contributed by atoms with Gasteiger partial charge in [-0.05, 0) is 71.1 Å². The first-order chi connectivity index (χ1) is 8.24. The lowest BCUT2D eigenvalue weighted by atomic mass is 10.1. The third-order valence-electron chi connectivity index (χ3n) is 3.87. The first kappa shape index (κ1) is 11.5. The van der Waals surface area contributed by atoms with Gasteiger partial charge < -0.3 is 11.1 Å². The molecule has 0 aliphatic heterocycles. The molecule has 0 atom stereocenters. The van der Waals surface area contributed by atoms with E-state index in [0.29, 0.717) is 0 Å². The molecule has 1 aromatic carbocycles. The molecule has 3 N–H and O–H groups in total. The molecule has 3 rings (SSSR count). The van der Waals surface area contributed by atoms with E-state index in [1.165, 1.54) is 31.2 Å². The number of nitrogen functional groups attached to an aromatic ring is 1. The van der Waals surface area contributed by atoms with Gasteiger partial charge in [-0.25, -0.2) is 0 Å². The van der Waals surface area contributed by atoms with Crippen LogP contribution in [0, 0.1) is 11.8 Å². The molecule has 92 valence electrons. The van der Waals surface area contributed by atoms with E-state index >= 15 is 0 Å². The highest BCUT2D eigenvalue weighted by Gasteiger charge is 2.40. The molecule has 0 radical (unpaired) electrons. The minimum Gasteiger partial charge on any atom is -0.398 e. The quantitative estimate of drug-likeness (QED) is 0.818. The van der Waals surface area contributed by atoms with Crippen molar-refractivity contribution >= 4 is 21.6 Å². The van der Waals surface area contributed by atoms with Crippen LogP contribution in [0.1, 0.15) is 31.2 Å². The Bertz CT molecular complexity index is 399. The van der Waals surface area contributed by atoms with Gasteiger partial charge in [-0.3, -0.25) is 0 Å². The van der Waals surface area contributed by atoms with Gasteiger partial charge in [0, 0.05) is 22.7 Å². The van der Waals surface area contributed by atoms with Gasteiger partial charge in [-0.15, -0.1) is 0 Å². The Labute approximate surface area is 111 Å². The second-order valence-corrected chi connectivity index (χ2v) is 6.29. The summed E-state index contributed by atoms with van der Waals surface area (Å²) in [5.74, 6) is 1.92. The van der Waals surface area contributed by atoms with Crippen LogP contribution >= 0.6 is 15.9 Å². The fourth-order valence-corrected chi connectivity index (χ4v) is 2.97. The number of hydrogen-bond donors (Lipinski definition) is 2. The molecule has 0 bridgehead atoms. The smallest absolute Gasteiger partial charge is 0.0458 e. The molecule has 0 amide bonds. The molecule has 0 spiro atoms. The summed E-state index contributed by atoms with van der Waals surface area (Å²) in [6.07, 6.45) is 5.72. The molecule has 2 fully saturated rings. The molecule has 0 aromatic heterocycles. The average molecular weight is 295 g/mol. The number of benzene rings is 1. The zero-order valence-electron chi connectivity index (χ0n) is 9.95. The number of nitrogens with one attached hydrogen (secondary N) is 1. The van der Waals surface area contributed by atoms with Crippen molar-refractivity contribution in [3.8, 4) is 0 Å². The van der Waals surface area contributed by atoms with E-state index in [4.69, 9.17) is 5.73 Å². The van der Waals surface area contributed by atoms with Gasteiger partial charge >= 0.3 is 0 Å². The van der Waals surface area contributed by atoms with Gasteiger partial charge in [0.05, 0.1) is 0 Å². The highest BCUT2D eigenvalue weighted by Crippen LogP contribution is 2.44. The van der Waals surface area contributed by atoms with Gasteiger partial charge in [0.2, 0.25) is 0 Å². The first-order valence-electron chi connectivity index (χ1n) is 6.51. The first-order valence-corrected chi connectivity index (χ1v) is 7.30. The maximum atomic E-state index is 5.79. The molecule has 0 heterocycles. The molecule has 17 heavy (non-hydrogen) atoms. The minimum absolute atomic E-state index is 0.770. The third-order valence-corrected chi connectivity index (χ3v) is 4.55. The maximum absolute atomic E-state index is 5.79. The van der Waals surface area contributed by atoms with Crippen LogP contribution in [0.3, 0.4) is 0 Å².